The molecule has 2 atom stereocenters. The number of hydrazine groups is 1. The molecule has 3 aromatic rings. The molecular weight excluding hydrogens is 420 g/mol. The van der Waals surface area contributed by atoms with Crippen LogP contribution in [0.3, 0.4) is 0 Å². The first-order valence-electron chi connectivity index (χ1n) is 8.92. The van der Waals surface area contributed by atoms with Gasteiger partial charge in [-0.3, -0.25) is 4.79 Å². The van der Waals surface area contributed by atoms with Crippen LogP contribution in [0.2, 0.25) is 0 Å². The lowest BCUT2D eigenvalue weighted by molar-refractivity contribution is -0.122. The van der Waals surface area contributed by atoms with Crippen molar-refractivity contribution in [2.75, 3.05) is 0 Å². The fourth-order valence-corrected chi connectivity index (χ4v) is 3.74. The van der Waals surface area contributed by atoms with Crippen molar-refractivity contribution in [2.24, 2.45) is 5.10 Å². The zero-order valence-corrected chi connectivity index (χ0v) is 16.5. The van der Waals surface area contributed by atoms with E-state index in [4.69, 9.17) is 0 Å². The molecule has 7 heteroatoms. The lowest BCUT2D eigenvalue weighted by atomic mass is 9.96. The Hall–Kier alpha value is -2.74. The summed E-state index contributed by atoms with van der Waals surface area (Å²) in [5.41, 5.74) is 10.5. The van der Waals surface area contributed by atoms with Crippen LogP contribution in [0.25, 0.3) is 10.8 Å². The molecule has 2 unspecified atom stereocenters. The maximum Gasteiger partial charge on any atom is 0.258 e. The number of amides is 1. The number of carbonyl (C=O) groups is 1. The number of hydrogen-bond acceptors (Lipinski definition) is 5. The van der Waals surface area contributed by atoms with E-state index in [2.05, 4.69) is 61.6 Å². The Balaban J connectivity index is 1.42. The highest BCUT2D eigenvalue weighted by molar-refractivity contribution is 9.10. The van der Waals surface area contributed by atoms with Crippen LogP contribution < -0.4 is 16.3 Å². The summed E-state index contributed by atoms with van der Waals surface area (Å²) in [5, 5.41) is 16.1. The molecule has 3 aromatic carbocycles. The minimum atomic E-state index is -0.405. The number of carbonyl (C=O) groups excluding carboxylic acids is 1. The van der Waals surface area contributed by atoms with Gasteiger partial charge in [0.15, 0.2) is 0 Å². The first kappa shape index (κ1) is 18.6. The van der Waals surface area contributed by atoms with Crippen LogP contribution in [-0.4, -0.2) is 23.3 Å². The van der Waals surface area contributed by atoms with Gasteiger partial charge in [-0.05, 0) is 41.0 Å². The summed E-state index contributed by atoms with van der Waals surface area (Å²) in [6.45, 7) is 0. The van der Waals surface area contributed by atoms with E-state index >= 15 is 0 Å². The van der Waals surface area contributed by atoms with Crippen LogP contribution in [0.15, 0.2) is 70.2 Å². The third kappa shape index (κ3) is 3.91. The van der Waals surface area contributed by atoms with Crippen LogP contribution in [0.4, 0.5) is 0 Å². The van der Waals surface area contributed by atoms with Crippen molar-refractivity contribution in [2.45, 2.75) is 18.5 Å². The second-order valence-corrected chi connectivity index (χ2v) is 7.55. The Morgan fingerprint density at radius 3 is 2.86 bits per heavy atom. The average molecular weight is 439 g/mol. The lowest BCUT2D eigenvalue weighted by Gasteiger charge is -2.13. The van der Waals surface area contributed by atoms with Gasteiger partial charge in [0.25, 0.3) is 5.91 Å². The minimum Gasteiger partial charge on any atom is -0.507 e. The van der Waals surface area contributed by atoms with E-state index in [9.17, 15) is 9.90 Å². The maximum atomic E-state index is 12.4. The molecule has 4 N–H and O–H groups in total. The third-order valence-electron chi connectivity index (χ3n) is 4.79. The minimum absolute atomic E-state index is 0.0277. The SMILES string of the molecule is O=C(N/N=C/c1cc(Br)ccc1O)C1CC(c2cccc3ccccc23)NN1. The van der Waals surface area contributed by atoms with Crippen molar-refractivity contribution < 1.29 is 9.90 Å². The first-order valence-corrected chi connectivity index (χ1v) is 9.71. The third-order valence-corrected chi connectivity index (χ3v) is 5.28. The molecule has 1 aliphatic rings. The monoisotopic (exact) mass is 438 g/mol. The number of halogens is 1. The molecule has 1 saturated heterocycles. The molecule has 1 aliphatic heterocycles. The van der Waals surface area contributed by atoms with E-state index < -0.39 is 6.04 Å². The molecule has 0 aromatic heterocycles. The van der Waals surface area contributed by atoms with Gasteiger partial charge < -0.3 is 5.11 Å². The van der Waals surface area contributed by atoms with Crippen LogP contribution in [0, 0.1) is 0 Å². The summed E-state index contributed by atoms with van der Waals surface area (Å²) < 4.78 is 0.817. The quantitative estimate of drug-likeness (QED) is 0.371. The smallest absolute Gasteiger partial charge is 0.258 e. The number of aromatic hydroxyl groups is 1. The van der Waals surface area contributed by atoms with Gasteiger partial charge in [0.2, 0.25) is 0 Å². The maximum absolute atomic E-state index is 12.4. The van der Waals surface area contributed by atoms with Crippen LogP contribution >= 0.6 is 15.9 Å². The highest BCUT2D eigenvalue weighted by atomic mass is 79.9. The molecule has 4 rings (SSSR count). The summed E-state index contributed by atoms with van der Waals surface area (Å²) in [6.07, 6.45) is 2.03. The molecule has 0 saturated carbocycles. The van der Waals surface area contributed by atoms with Gasteiger partial charge in [0, 0.05) is 16.1 Å². The number of phenolic OH excluding ortho intramolecular Hbond substituents is 1. The van der Waals surface area contributed by atoms with E-state index in [1.54, 1.807) is 18.2 Å². The largest absolute Gasteiger partial charge is 0.507 e. The predicted molar refractivity (Wildman–Crippen MR) is 113 cm³/mol. The molecule has 0 aliphatic carbocycles. The summed E-state index contributed by atoms with van der Waals surface area (Å²) >= 11 is 3.34. The van der Waals surface area contributed by atoms with Gasteiger partial charge in [-0.25, -0.2) is 16.3 Å². The van der Waals surface area contributed by atoms with Crippen LogP contribution in [-0.2, 0) is 4.79 Å². The van der Waals surface area contributed by atoms with Gasteiger partial charge in [0.1, 0.15) is 11.8 Å². The number of fused-ring (bicyclic) bond motifs is 1. The molecule has 1 fully saturated rings. The Kier molecular flexibility index (Phi) is 5.38. The summed E-state index contributed by atoms with van der Waals surface area (Å²) in [7, 11) is 0. The molecule has 6 nitrogen and oxygen atoms in total. The molecule has 0 bridgehead atoms. The number of benzene rings is 3. The van der Waals surface area contributed by atoms with Crippen molar-refractivity contribution in [1.82, 2.24) is 16.3 Å². The second kappa shape index (κ2) is 8.10. The van der Waals surface area contributed by atoms with E-state index in [1.165, 1.54) is 17.0 Å². The van der Waals surface area contributed by atoms with Gasteiger partial charge in [-0.1, -0.05) is 58.4 Å². The number of rotatable bonds is 4. The number of phenols is 1. The van der Waals surface area contributed by atoms with Gasteiger partial charge in [-0.15, -0.1) is 0 Å². The second-order valence-electron chi connectivity index (χ2n) is 6.64. The lowest BCUT2D eigenvalue weighted by Crippen LogP contribution is -2.41. The fraction of sp³-hybridized carbons (Fsp3) is 0.143. The molecule has 142 valence electrons. The Morgan fingerprint density at radius 1 is 1.14 bits per heavy atom. The van der Waals surface area contributed by atoms with Gasteiger partial charge >= 0.3 is 0 Å². The Bertz CT molecular complexity index is 1050. The van der Waals surface area contributed by atoms with Crippen molar-refractivity contribution >= 4 is 38.8 Å². The number of nitrogens with one attached hydrogen (secondary N) is 3. The standard InChI is InChI=1S/C21H19BrN4O2/c22-15-8-9-20(27)14(10-15)12-23-26-21(28)19-11-18(24-25-19)17-7-3-5-13-4-1-2-6-16(13)17/h1-10,12,18-19,24-25,27H,11H2,(H,26,28)/b23-12+. The van der Waals surface area contributed by atoms with Gasteiger partial charge in [0.05, 0.1) is 6.21 Å². The summed E-state index contributed by atoms with van der Waals surface area (Å²) in [5.74, 6) is -0.140. The van der Waals surface area contributed by atoms with Crippen molar-refractivity contribution in [3.63, 3.8) is 0 Å². The topological polar surface area (TPSA) is 85.8 Å². The Morgan fingerprint density at radius 2 is 1.96 bits per heavy atom. The first-order chi connectivity index (χ1) is 13.6. The Labute approximate surface area is 170 Å². The molecule has 0 radical (unpaired) electrons. The summed E-state index contributed by atoms with van der Waals surface area (Å²) in [4.78, 5) is 12.4. The molecular formula is C21H19BrN4O2. The van der Waals surface area contributed by atoms with E-state index in [-0.39, 0.29) is 17.7 Å². The van der Waals surface area contributed by atoms with Crippen molar-refractivity contribution in [1.29, 1.82) is 0 Å². The van der Waals surface area contributed by atoms with Crippen molar-refractivity contribution in [3.8, 4) is 5.75 Å². The number of hydrazone groups is 1. The zero-order valence-electron chi connectivity index (χ0n) is 14.9. The highest BCUT2D eigenvalue weighted by Gasteiger charge is 2.30. The predicted octanol–water partition coefficient (Wildman–Crippen LogP) is 3.37. The van der Waals surface area contributed by atoms with E-state index in [0.29, 0.717) is 12.0 Å². The van der Waals surface area contributed by atoms with Crippen LogP contribution in [0.5, 0.6) is 5.75 Å². The van der Waals surface area contributed by atoms with Gasteiger partial charge in [-0.2, -0.15) is 5.10 Å². The summed E-state index contributed by atoms with van der Waals surface area (Å²) in [6, 6.07) is 19.0. The van der Waals surface area contributed by atoms with E-state index in [1.807, 2.05) is 18.2 Å². The van der Waals surface area contributed by atoms with E-state index in [0.717, 1.165) is 10.0 Å². The zero-order chi connectivity index (χ0) is 19.5. The molecule has 28 heavy (non-hydrogen) atoms. The number of hydrogen-bond donors (Lipinski definition) is 4. The number of nitrogens with zero attached hydrogens (tertiary/aromatic N) is 1. The molecule has 0 spiro atoms. The van der Waals surface area contributed by atoms with Crippen molar-refractivity contribution in [3.05, 3.63) is 76.3 Å². The van der Waals surface area contributed by atoms with Crippen LogP contribution in [0.1, 0.15) is 23.6 Å². The highest BCUT2D eigenvalue weighted by Crippen LogP contribution is 2.29. The fourth-order valence-electron chi connectivity index (χ4n) is 3.36. The molecule has 1 heterocycles. The normalized spacial score (nSPS) is 19.3. The average Bonchev–Trinajstić information content (AvgIpc) is 3.20. The molecule has 1 amide bonds.